The van der Waals surface area contributed by atoms with E-state index >= 15 is 0 Å². The number of aryl methyl sites for hydroxylation is 1. The number of thiazole rings is 1. The van der Waals surface area contributed by atoms with E-state index in [1.165, 1.54) is 11.3 Å². The number of hydrogen-bond donors (Lipinski definition) is 0. The Morgan fingerprint density at radius 1 is 1.19 bits per heavy atom. The number of fused-ring (bicyclic) bond motifs is 1. The lowest BCUT2D eigenvalue weighted by atomic mass is 10.3. The van der Waals surface area contributed by atoms with E-state index in [1.807, 2.05) is 10.8 Å². The Morgan fingerprint density at radius 3 is 2.72 bits per heavy atom. The summed E-state index contributed by atoms with van der Waals surface area (Å²) in [7, 11) is 1.58. The molecule has 0 N–H and O–H groups in total. The number of rotatable bonds is 9. The third-order valence-electron chi connectivity index (χ3n) is 4.73. The summed E-state index contributed by atoms with van der Waals surface area (Å²) in [5, 5.41) is 1.71. The number of nitrogens with zero attached hydrogens (tertiary/aromatic N) is 4. The minimum Gasteiger partial charge on any atom is -0.494 e. The van der Waals surface area contributed by atoms with Crippen molar-refractivity contribution in [2.24, 2.45) is 0 Å². The first kappa shape index (κ1) is 22.4. The molecule has 0 unspecified atom stereocenters. The molecule has 4 rings (SSSR count). The lowest BCUT2D eigenvalue weighted by Gasteiger charge is -2.20. The number of carbonyl (C=O) groups is 1. The molecular formula is C22H20Cl2N4O3S. The Hall–Kier alpha value is -2.81. The first-order valence-corrected chi connectivity index (χ1v) is 11.4. The molecule has 0 spiro atoms. The van der Waals surface area contributed by atoms with Crippen molar-refractivity contribution in [1.82, 2.24) is 14.5 Å². The molecule has 0 saturated heterocycles. The minimum absolute atomic E-state index is 0.131. The molecule has 1 amide bonds. The minimum atomic E-state index is -0.209. The van der Waals surface area contributed by atoms with Gasteiger partial charge in [0.2, 0.25) is 0 Å². The number of aromatic nitrogens is 3. The van der Waals surface area contributed by atoms with Crippen LogP contribution < -0.4 is 14.4 Å². The summed E-state index contributed by atoms with van der Waals surface area (Å²) in [5.41, 5.74) is 0.631. The number of halogens is 2. The molecule has 10 heteroatoms. The Balaban J connectivity index is 1.56. The van der Waals surface area contributed by atoms with Gasteiger partial charge in [-0.1, -0.05) is 34.5 Å². The number of carbonyl (C=O) groups excluding carboxylic acids is 1. The molecule has 166 valence electrons. The van der Waals surface area contributed by atoms with Crippen LogP contribution in [0.25, 0.3) is 10.2 Å². The fraction of sp³-hybridized carbons (Fsp3) is 0.227. The van der Waals surface area contributed by atoms with Crippen LogP contribution in [0.5, 0.6) is 11.5 Å². The average molecular weight is 491 g/mol. The molecule has 32 heavy (non-hydrogen) atoms. The van der Waals surface area contributed by atoms with E-state index in [-0.39, 0.29) is 12.5 Å². The van der Waals surface area contributed by atoms with Gasteiger partial charge in [0, 0.05) is 30.5 Å². The number of hydrogen-bond acceptors (Lipinski definition) is 6. The summed E-state index contributed by atoms with van der Waals surface area (Å²) in [6, 6.07) is 10.4. The zero-order valence-corrected chi connectivity index (χ0v) is 19.5. The fourth-order valence-electron chi connectivity index (χ4n) is 3.13. The van der Waals surface area contributed by atoms with E-state index in [4.69, 9.17) is 32.7 Å². The normalized spacial score (nSPS) is 11.0. The summed E-state index contributed by atoms with van der Waals surface area (Å²) in [6.07, 6.45) is 6.07. The molecule has 0 aliphatic carbocycles. The third-order valence-corrected chi connectivity index (χ3v) is 6.52. The Bertz CT molecular complexity index is 1200. The molecule has 0 saturated carbocycles. The van der Waals surface area contributed by atoms with E-state index in [2.05, 4.69) is 9.97 Å². The zero-order valence-electron chi connectivity index (χ0n) is 17.2. The standard InChI is InChI=1S/C22H20Cl2N4O3S/c1-30-18-8-7-17(24)21-20(18)26-22(32-21)28(11-2-10-27-12-9-25-14-27)19(29)13-31-16-5-3-15(23)4-6-16/h3-9,12,14H,2,10-11,13H2,1H3. The molecule has 7 nitrogen and oxygen atoms in total. The molecular weight excluding hydrogens is 471 g/mol. The van der Waals surface area contributed by atoms with Crippen molar-refractivity contribution in [3.8, 4) is 11.5 Å². The highest BCUT2D eigenvalue weighted by atomic mass is 35.5. The zero-order chi connectivity index (χ0) is 22.5. The van der Waals surface area contributed by atoms with E-state index in [9.17, 15) is 4.79 Å². The molecule has 0 aliphatic rings. The number of amides is 1. The van der Waals surface area contributed by atoms with Gasteiger partial charge in [-0.05, 0) is 42.8 Å². The largest absolute Gasteiger partial charge is 0.494 e. The molecule has 2 heterocycles. The predicted octanol–water partition coefficient (Wildman–Crippen LogP) is 5.31. The van der Waals surface area contributed by atoms with Gasteiger partial charge >= 0.3 is 0 Å². The molecule has 0 radical (unpaired) electrons. The quantitative estimate of drug-likeness (QED) is 0.318. The topological polar surface area (TPSA) is 69.5 Å². The Morgan fingerprint density at radius 2 is 2.00 bits per heavy atom. The second kappa shape index (κ2) is 10.2. The first-order chi connectivity index (χ1) is 15.5. The highest BCUT2D eigenvalue weighted by Crippen LogP contribution is 2.38. The van der Waals surface area contributed by atoms with Crippen LogP contribution in [0.3, 0.4) is 0 Å². The second-order valence-electron chi connectivity index (χ2n) is 6.87. The van der Waals surface area contributed by atoms with Gasteiger partial charge in [-0.3, -0.25) is 9.69 Å². The molecule has 0 fully saturated rings. The van der Waals surface area contributed by atoms with Gasteiger partial charge in [0.1, 0.15) is 17.0 Å². The maximum atomic E-state index is 13.2. The van der Waals surface area contributed by atoms with E-state index in [0.29, 0.717) is 45.2 Å². The Labute approximate surface area is 199 Å². The van der Waals surface area contributed by atoms with Gasteiger partial charge < -0.3 is 14.0 Å². The van der Waals surface area contributed by atoms with E-state index < -0.39 is 0 Å². The predicted molar refractivity (Wildman–Crippen MR) is 127 cm³/mol. The summed E-state index contributed by atoms with van der Waals surface area (Å²) in [6.45, 7) is 1.05. The van der Waals surface area contributed by atoms with Gasteiger partial charge in [0.05, 0.1) is 23.2 Å². The lowest BCUT2D eigenvalue weighted by molar-refractivity contribution is -0.120. The smallest absolute Gasteiger partial charge is 0.266 e. The first-order valence-electron chi connectivity index (χ1n) is 9.82. The van der Waals surface area contributed by atoms with Crippen LogP contribution in [0, 0.1) is 0 Å². The molecule has 0 bridgehead atoms. The lowest BCUT2D eigenvalue weighted by Crippen LogP contribution is -2.36. The SMILES string of the molecule is COc1ccc(Cl)c2sc(N(CCCn3ccnc3)C(=O)COc3ccc(Cl)cc3)nc12. The van der Waals surface area contributed by atoms with E-state index in [0.717, 1.165) is 11.2 Å². The van der Waals surface area contributed by atoms with Gasteiger partial charge in [0.25, 0.3) is 5.91 Å². The Kier molecular flexibility index (Phi) is 7.14. The van der Waals surface area contributed by atoms with Crippen LogP contribution in [0.4, 0.5) is 5.13 Å². The van der Waals surface area contributed by atoms with Crippen LogP contribution in [0.15, 0.2) is 55.1 Å². The number of anilines is 1. The summed E-state index contributed by atoms with van der Waals surface area (Å²) in [4.78, 5) is 23.5. The van der Waals surface area contributed by atoms with Crippen LogP contribution in [0.1, 0.15) is 6.42 Å². The van der Waals surface area contributed by atoms with Crippen molar-refractivity contribution in [3.05, 3.63) is 65.2 Å². The summed E-state index contributed by atoms with van der Waals surface area (Å²) in [5.74, 6) is 0.963. The van der Waals surface area contributed by atoms with Gasteiger partial charge in [0.15, 0.2) is 11.7 Å². The number of methoxy groups -OCH3 is 1. The van der Waals surface area contributed by atoms with Crippen molar-refractivity contribution in [2.45, 2.75) is 13.0 Å². The van der Waals surface area contributed by atoms with Gasteiger partial charge in [-0.15, -0.1) is 0 Å². The van der Waals surface area contributed by atoms with Crippen LogP contribution >= 0.6 is 34.5 Å². The second-order valence-corrected chi connectivity index (χ2v) is 8.69. The van der Waals surface area contributed by atoms with Crippen molar-refractivity contribution in [3.63, 3.8) is 0 Å². The maximum Gasteiger partial charge on any atom is 0.266 e. The van der Waals surface area contributed by atoms with E-state index in [1.54, 1.807) is 60.9 Å². The van der Waals surface area contributed by atoms with Crippen molar-refractivity contribution in [2.75, 3.05) is 25.2 Å². The number of benzene rings is 2. The number of ether oxygens (including phenoxy) is 2. The highest BCUT2D eigenvalue weighted by molar-refractivity contribution is 7.23. The third kappa shape index (κ3) is 5.15. The number of imidazole rings is 1. The monoisotopic (exact) mass is 490 g/mol. The van der Waals surface area contributed by atoms with Crippen molar-refractivity contribution < 1.29 is 14.3 Å². The summed E-state index contributed by atoms with van der Waals surface area (Å²) >= 11 is 13.6. The summed E-state index contributed by atoms with van der Waals surface area (Å²) < 4.78 is 13.8. The fourth-order valence-corrected chi connectivity index (χ4v) is 4.56. The highest BCUT2D eigenvalue weighted by Gasteiger charge is 2.22. The average Bonchev–Trinajstić information content (AvgIpc) is 3.47. The molecule has 0 aliphatic heterocycles. The maximum absolute atomic E-state index is 13.2. The molecule has 4 aromatic rings. The molecule has 0 atom stereocenters. The van der Waals surface area contributed by atoms with Crippen LogP contribution in [0.2, 0.25) is 10.0 Å². The van der Waals surface area contributed by atoms with Gasteiger partial charge in [-0.25, -0.2) is 9.97 Å². The molecule has 2 aromatic carbocycles. The molecule has 2 aromatic heterocycles. The van der Waals surface area contributed by atoms with Gasteiger partial charge in [-0.2, -0.15) is 0 Å². The van der Waals surface area contributed by atoms with Crippen LogP contribution in [-0.2, 0) is 11.3 Å². The van der Waals surface area contributed by atoms with Crippen LogP contribution in [-0.4, -0.2) is 40.7 Å². The van der Waals surface area contributed by atoms with Crippen molar-refractivity contribution in [1.29, 1.82) is 0 Å². The van der Waals surface area contributed by atoms with Crippen molar-refractivity contribution >= 4 is 55.8 Å².